The van der Waals surface area contributed by atoms with Crippen molar-refractivity contribution in [3.63, 3.8) is 0 Å². The van der Waals surface area contributed by atoms with E-state index < -0.39 is 37.0 Å². The Hall–Kier alpha value is -6.23. The lowest BCUT2D eigenvalue weighted by Gasteiger charge is -2.27. The number of hydrogen-bond acceptors (Lipinski definition) is 8. The molecular formula is C53H60N3O10S2+. The van der Waals surface area contributed by atoms with E-state index in [1.54, 1.807) is 36.4 Å². The number of unbranched alkanes of at least 4 members (excludes halogenated alkanes) is 4. The van der Waals surface area contributed by atoms with Crippen LogP contribution in [0.2, 0.25) is 0 Å². The number of rotatable bonds is 20. The molecule has 0 unspecified atom stereocenters. The Kier molecular flexibility index (Phi) is 16.1. The molecule has 2 heterocycles. The van der Waals surface area contributed by atoms with Crippen LogP contribution in [0.4, 0.5) is 17.1 Å². The fraction of sp³-hybridized carbons (Fsp3) is 0.377. The molecule has 68 heavy (non-hydrogen) atoms. The van der Waals surface area contributed by atoms with Crippen LogP contribution >= 0.6 is 0 Å². The highest BCUT2D eigenvalue weighted by Crippen LogP contribution is 2.49. The molecule has 0 fully saturated rings. The molecule has 3 aromatic rings. The molecule has 0 atom stereocenters. The third kappa shape index (κ3) is 11.9. The molecule has 3 aromatic carbocycles. The molecule has 3 aliphatic rings. The van der Waals surface area contributed by atoms with Gasteiger partial charge in [-0.25, -0.2) is 0 Å². The number of carbonyl (C=O) groups is 2. The Balaban J connectivity index is 1.45. The van der Waals surface area contributed by atoms with Gasteiger partial charge in [0.25, 0.3) is 20.2 Å². The van der Waals surface area contributed by atoms with Crippen molar-refractivity contribution in [2.75, 3.05) is 23.3 Å². The minimum absolute atomic E-state index is 0.0631. The lowest BCUT2D eigenvalue weighted by atomic mass is 9.81. The summed E-state index contributed by atoms with van der Waals surface area (Å²) in [7, 11) is -8.93. The first-order valence-corrected chi connectivity index (χ1v) is 25.7. The van der Waals surface area contributed by atoms with Crippen molar-refractivity contribution in [3.8, 4) is 30.4 Å². The quantitative estimate of drug-likeness (QED) is 0.0365. The number of hydrogen-bond donors (Lipinski definition) is 4. The van der Waals surface area contributed by atoms with Crippen molar-refractivity contribution in [2.24, 2.45) is 0 Å². The largest absolute Gasteiger partial charge is 0.481 e. The van der Waals surface area contributed by atoms with Crippen LogP contribution in [0.5, 0.6) is 5.75 Å². The van der Waals surface area contributed by atoms with E-state index in [0.29, 0.717) is 56.0 Å². The van der Waals surface area contributed by atoms with E-state index in [2.05, 4.69) is 38.8 Å². The number of allylic oxidation sites excluding steroid dienone is 7. The number of terminal acetylenes is 2. The first kappa shape index (κ1) is 51.2. The van der Waals surface area contributed by atoms with Gasteiger partial charge in [-0.2, -0.15) is 21.4 Å². The van der Waals surface area contributed by atoms with Crippen LogP contribution in [0.1, 0.15) is 116 Å². The van der Waals surface area contributed by atoms with Crippen LogP contribution in [0.3, 0.4) is 0 Å². The lowest BCUT2D eigenvalue weighted by Crippen LogP contribution is -2.28. The number of aliphatic carboxylic acids is 1. The SMILES string of the molecule is C#CCCCCN1C(=C/C=C2\CCCC(/C=C/C3=[N+](CCCCC#C)c4ccc(S(=O)(=O)O)cc4C3(C)C)=C2Oc2ccc(NC(=O)CCCC(=O)O)cc2)C(C)(C)c2cc(S(=O)(=O)O)ccc21. The van der Waals surface area contributed by atoms with Gasteiger partial charge in [0, 0.05) is 78.8 Å². The Morgan fingerprint density at radius 3 is 2.09 bits per heavy atom. The summed E-state index contributed by atoms with van der Waals surface area (Å²) in [6.45, 7) is 9.34. The smallest absolute Gasteiger partial charge is 0.303 e. The minimum Gasteiger partial charge on any atom is -0.481 e. The number of carbonyl (C=O) groups excluding carboxylic acids is 1. The molecule has 6 rings (SSSR count). The van der Waals surface area contributed by atoms with Crippen molar-refractivity contribution >= 4 is 54.9 Å². The van der Waals surface area contributed by atoms with Crippen molar-refractivity contribution < 1.29 is 49.9 Å². The average Bonchev–Trinajstić information content (AvgIpc) is 3.62. The number of fused-ring (bicyclic) bond motifs is 2. The standard InChI is InChI=1S/C53H59N3O10S2/c1-7-9-11-13-33-55-45-29-27-41(67(60,61)62)35-43(45)52(3,4)47(55)31-21-37-17-15-18-38(51(37)66-40-25-23-39(24-26-40)54-49(57)19-16-20-50(58)59)22-32-48-53(5,6)44-36-42(68(63,64)65)28-30-46(44)56(48)34-14-12-10-8-2/h1-2,21-32,35-36H,9-20,33-34H2,3-6H3,(H3-,54,57,58,59,60,61,62,63,64,65)/p+1. The van der Waals surface area contributed by atoms with Crippen LogP contribution in [-0.2, 0) is 40.7 Å². The van der Waals surface area contributed by atoms with Crippen LogP contribution < -0.4 is 15.0 Å². The van der Waals surface area contributed by atoms with Crippen LogP contribution in [0.15, 0.2) is 117 Å². The maximum Gasteiger partial charge on any atom is 0.303 e. The van der Waals surface area contributed by atoms with Crippen LogP contribution in [-0.4, -0.2) is 66.3 Å². The summed E-state index contributed by atoms with van der Waals surface area (Å²) in [5.74, 6) is 5.27. The average molecular weight is 963 g/mol. The normalized spacial score (nSPS) is 17.6. The molecular weight excluding hydrogens is 903 g/mol. The summed E-state index contributed by atoms with van der Waals surface area (Å²) in [4.78, 5) is 25.3. The molecule has 1 amide bonds. The van der Waals surface area contributed by atoms with Gasteiger partial charge in [-0.15, -0.1) is 24.7 Å². The van der Waals surface area contributed by atoms with Gasteiger partial charge < -0.3 is 20.1 Å². The predicted molar refractivity (Wildman–Crippen MR) is 264 cm³/mol. The highest BCUT2D eigenvalue weighted by molar-refractivity contribution is 7.86. The minimum atomic E-state index is -4.46. The monoisotopic (exact) mass is 962 g/mol. The Bertz CT molecular complexity index is 2930. The highest BCUT2D eigenvalue weighted by atomic mass is 32.2. The Labute approximate surface area is 400 Å². The summed E-state index contributed by atoms with van der Waals surface area (Å²) in [6, 6.07) is 16.3. The van der Waals surface area contributed by atoms with E-state index in [1.807, 2.05) is 39.8 Å². The summed E-state index contributed by atoms with van der Waals surface area (Å²) >= 11 is 0. The molecule has 0 radical (unpaired) electrons. The van der Waals surface area contributed by atoms with Gasteiger partial charge in [0.1, 0.15) is 18.1 Å². The van der Waals surface area contributed by atoms with Crippen molar-refractivity contribution in [1.29, 1.82) is 0 Å². The van der Waals surface area contributed by atoms with Gasteiger partial charge in [0.05, 0.1) is 15.2 Å². The third-order valence-corrected chi connectivity index (χ3v) is 14.4. The second-order valence-electron chi connectivity index (χ2n) is 18.3. The summed E-state index contributed by atoms with van der Waals surface area (Å²) < 4.78 is 78.1. The number of ether oxygens (including phenoxy) is 1. The number of carboxylic acids is 1. The Morgan fingerprint density at radius 2 is 1.44 bits per heavy atom. The van der Waals surface area contributed by atoms with Gasteiger partial charge >= 0.3 is 5.97 Å². The Morgan fingerprint density at radius 1 is 0.794 bits per heavy atom. The van der Waals surface area contributed by atoms with Gasteiger partial charge in [0.2, 0.25) is 11.6 Å². The molecule has 0 saturated heterocycles. The summed E-state index contributed by atoms with van der Waals surface area (Å²) in [6.07, 6.45) is 26.1. The van der Waals surface area contributed by atoms with Gasteiger partial charge in [-0.05, 0) is 142 Å². The van der Waals surface area contributed by atoms with Gasteiger partial charge in [0.15, 0.2) is 5.71 Å². The lowest BCUT2D eigenvalue weighted by molar-refractivity contribution is -0.438. The zero-order valence-corrected chi connectivity index (χ0v) is 40.7. The number of nitrogens with one attached hydrogen (secondary N) is 1. The number of anilines is 2. The second-order valence-corrected chi connectivity index (χ2v) is 21.1. The molecule has 2 aliphatic heterocycles. The molecule has 358 valence electrons. The molecule has 0 saturated carbocycles. The number of nitrogens with zero attached hydrogens (tertiary/aromatic N) is 2. The molecule has 0 spiro atoms. The van der Waals surface area contributed by atoms with E-state index in [4.69, 9.17) is 22.7 Å². The number of benzene rings is 3. The molecule has 13 nitrogen and oxygen atoms in total. The maximum absolute atomic E-state index is 12.6. The molecule has 1 aliphatic carbocycles. The van der Waals surface area contributed by atoms with Crippen molar-refractivity contribution in [2.45, 2.75) is 125 Å². The number of carboxylic acid groups (broad SMARTS) is 1. The fourth-order valence-electron chi connectivity index (χ4n) is 9.16. The summed E-state index contributed by atoms with van der Waals surface area (Å²) in [5.41, 5.74) is 6.02. The van der Waals surface area contributed by atoms with E-state index in [1.165, 1.54) is 24.3 Å². The maximum atomic E-state index is 12.6. The first-order chi connectivity index (χ1) is 32.2. The van der Waals surface area contributed by atoms with Crippen LogP contribution in [0, 0.1) is 24.7 Å². The van der Waals surface area contributed by atoms with E-state index in [0.717, 1.165) is 77.2 Å². The van der Waals surface area contributed by atoms with E-state index in [9.17, 15) is 35.5 Å². The number of amides is 1. The topological polar surface area (TPSA) is 191 Å². The summed E-state index contributed by atoms with van der Waals surface area (Å²) in [5, 5.41) is 11.8. The zero-order chi connectivity index (χ0) is 49.4. The zero-order valence-electron chi connectivity index (χ0n) is 39.0. The first-order valence-electron chi connectivity index (χ1n) is 22.8. The van der Waals surface area contributed by atoms with E-state index in [-0.39, 0.29) is 35.0 Å². The van der Waals surface area contributed by atoms with Crippen molar-refractivity contribution in [3.05, 3.63) is 119 Å². The second kappa shape index (κ2) is 21.4. The highest BCUT2D eigenvalue weighted by Gasteiger charge is 2.45. The van der Waals surface area contributed by atoms with Gasteiger partial charge in [-0.3, -0.25) is 18.7 Å². The third-order valence-electron chi connectivity index (χ3n) is 12.7. The fourth-order valence-corrected chi connectivity index (χ4v) is 10.2. The van der Waals surface area contributed by atoms with Gasteiger partial charge in [-0.1, -0.05) is 19.9 Å². The predicted octanol–water partition coefficient (Wildman–Crippen LogP) is 10.0. The molecule has 0 aromatic heterocycles. The van der Waals surface area contributed by atoms with Crippen molar-refractivity contribution in [1.82, 2.24) is 0 Å². The molecule has 15 heteroatoms. The van der Waals surface area contributed by atoms with Crippen LogP contribution in [0.25, 0.3) is 0 Å². The van der Waals surface area contributed by atoms with E-state index >= 15 is 0 Å². The molecule has 0 bridgehead atoms. The molecule has 4 N–H and O–H groups in total.